The maximum absolute atomic E-state index is 12.6. The summed E-state index contributed by atoms with van der Waals surface area (Å²) in [4.78, 5) is 35.1. The summed E-state index contributed by atoms with van der Waals surface area (Å²) >= 11 is 0. The lowest BCUT2D eigenvalue weighted by Crippen LogP contribution is -2.35. The second kappa shape index (κ2) is 9.35. The first-order valence-electron chi connectivity index (χ1n) is 10.9. The first-order valence-corrected chi connectivity index (χ1v) is 10.9. The van der Waals surface area contributed by atoms with Gasteiger partial charge in [-0.3, -0.25) is 14.5 Å². The van der Waals surface area contributed by atoms with Gasteiger partial charge in [0.05, 0.1) is 36.5 Å². The molecule has 0 radical (unpaired) electrons. The molecule has 3 heterocycles. The van der Waals surface area contributed by atoms with Crippen LogP contribution in [-0.2, 0) is 22.6 Å². The molecule has 9 heteroatoms. The lowest BCUT2D eigenvalue weighted by molar-refractivity contribution is -0.117. The predicted octanol–water partition coefficient (Wildman–Crippen LogP) is 2.26. The molecule has 2 N–H and O–H groups in total. The van der Waals surface area contributed by atoms with Gasteiger partial charge in [0.1, 0.15) is 12.4 Å². The summed E-state index contributed by atoms with van der Waals surface area (Å²) < 4.78 is 6.56. The molecule has 9 nitrogen and oxygen atoms in total. The van der Waals surface area contributed by atoms with E-state index >= 15 is 0 Å². The molecule has 33 heavy (non-hydrogen) atoms. The van der Waals surface area contributed by atoms with Gasteiger partial charge in [-0.1, -0.05) is 30.3 Å². The molecule has 4 aromatic rings. The minimum atomic E-state index is -0.332. The van der Waals surface area contributed by atoms with Crippen LogP contribution in [-0.4, -0.2) is 56.9 Å². The zero-order valence-electron chi connectivity index (χ0n) is 18.0. The number of rotatable bonds is 6. The Morgan fingerprint density at radius 1 is 1.06 bits per heavy atom. The summed E-state index contributed by atoms with van der Waals surface area (Å²) in [7, 11) is 0. The second-order valence-electron chi connectivity index (χ2n) is 7.93. The van der Waals surface area contributed by atoms with Crippen LogP contribution < -0.4 is 10.9 Å². The molecule has 0 unspecified atom stereocenters. The van der Waals surface area contributed by atoms with E-state index in [9.17, 15) is 9.59 Å². The molecule has 0 bridgehead atoms. The fourth-order valence-electron chi connectivity index (χ4n) is 3.85. The Morgan fingerprint density at radius 3 is 2.70 bits per heavy atom. The van der Waals surface area contributed by atoms with Crippen LogP contribution >= 0.6 is 0 Å². The molecule has 5 rings (SSSR count). The predicted molar refractivity (Wildman–Crippen MR) is 125 cm³/mol. The largest absolute Gasteiger partial charge is 0.379 e. The van der Waals surface area contributed by atoms with Crippen LogP contribution in [0.1, 0.15) is 5.82 Å². The Bertz CT molecular complexity index is 1330. The van der Waals surface area contributed by atoms with Crippen molar-refractivity contribution in [2.24, 2.45) is 0 Å². The lowest BCUT2D eigenvalue weighted by atomic mass is 10.1. The van der Waals surface area contributed by atoms with E-state index in [2.05, 4.69) is 25.3 Å². The highest BCUT2D eigenvalue weighted by Gasteiger charge is 2.14. The fourth-order valence-corrected chi connectivity index (χ4v) is 3.85. The quantitative estimate of drug-likeness (QED) is 0.473. The number of hydrogen-bond donors (Lipinski definition) is 2. The molecule has 0 spiro atoms. The van der Waals surface area contributed by atoms with Gasteiger partial charge in [0.25, 0.3) is 5.56 Å². The molecule has 0 atom stereocenters. The number of nitrogens with zero attached hydrogens (tertiary/aromatic N) is 4. The van der Waals surface area contributed by atoms with Crippen molar-refractivity contribution in [1.82, 2.24) is 24.6 Å². The van der Waals surface area contributed by atoms with E-state index in [0.717, 1.165) is 55.3 Å². The van der Waals surface area contributed by atoms with E-state index in [1.807, 2.05) is 42.5 Å². The topological polar surface area (TPSA) is 105 Å². The third-order valence-electron chi connectivity index (χ3n) is 5.52. The van der Waals surface area contributed by atoms with Crippen molar-refractivity contribution in [2.75, 3.05) is 31.6 Å². The van der Waals surface area contributed by atoms with Gasteiger partial charge in [-0.05, 0) is 24.3 Å². The highest BCUT2D eigenvalue weighted by atomic mass is 16.5. The minimum absolute atomic E-state index is 0.178. The third-order valence-corrected chi connectivity index (χ3v) is 5.52. The zero-order valence-corrected chi connectivity index (χ0v) is 18.0. The number of amides is 1. The molecule has 2 aromatic heterocycles. The second-order valence-corrected chi connectivity index (χ2v) is 7.93. The van der Waals surface area contributed by atoms with Gasteiger partial charge in [0.15, 0.2) is 0 Å². The Morgan fingerprint density at radius 2 is 1.88 bits per heavy atom. The van der Waals surface area contributed by atoms with Crippen molar-refractivity contribution in [3.63, 3.8) is 0 Å². The van der Waals surface area contributed by atoms with Crippen LogP contribution in [0.15, 0.2) is 65.5 Å². The number of hydrogen-bond acceptors (Lipinski definition) is 6. The van der Waals surface area contributed by atoms with E-state index in [1.54, 1.807) is 12.1 Å². The highest BCUT2D eigenvalue weighted by molar-refractivity contribution is 5.92. The van der Waals surface area contributed by atoms with Crippen LogP contribution in [0.3, 0.4) is 0 Å². The Balaban J connectivity index is 1.27. The van der Waals surface area contributed by atoms with Crippen molar-refractivity contribution in [2.45, 2.75) is 13.1 Å². The zero-order chi connectivity index (χ0) is 22.6. The molecule has 1 fully saturated rings. The first kappa shape index (κ1) is 21.0. The van der Waals surface area contributed by atoms with Crippen LogP contribution in [0.2, 0.25) is 0 Å². The number of H-pyrrole nitrogens is 1. The van der Waals surface area contributed by atoms with Crippen molar-refractivity contribution >= 4 is 22.6 Å². The number of nitrogens with one attached hydrogen (secondary N) is 2. The normalized spacial score (nSPS) is 14.4. The summed E-state index contributed by atoms with van der Waals surface area (Å²) in [5.41, 5.74) is 3.49. The monoisotopic (exact) mass is 444 g/mol. The summed E-state index contributed by atoms with van der Waals surface area (Å²) in [5, 5.41) is 7.19. The number of carbonyl (C=O) groups is 1. The number of aromatic nitrogens is 4. The number of aromatic amines is 1. The molecule has 168 valence electrons. The summed E-state index contributed by atoms with van der Waals surface area (Å²) in [6.07, 6.45) is 0. The highest BCUT2D eigenvalue weighted by Crippen LogP contribution is 2.19. The SMILES string of the molecule is O=C(Cn1nc(-c2ccccc2)ccc1=O)Nc1ccc2nc(CN3CCOCC3)[nH]c2c1. The Hall–Kier alpha value is -3.82. The number of benzene rings is 2. The molecule has 1 amide bonds. The van der Waals surface area contributed by atoms with Crippen LogP contribution in [0.25, 0.3) is 22.3 Å². The molecular formula is C24H24N6O3. The average molecular weight is 444 g/mol. The number of anilines is 1. The molecule has 0 saturated carbocycles. The van der Waals surface area contributed by atoms with Crippen LogP contribution in [0.5, 0.6) is 0 Å². The van der Waals surface area contributed by atoms with Gasteiger partial charge in [-0.15, -0.1) is 0 Å². The average Bonchev–Trinajstić information content (AvgIpc) is 3.23. The van der Waals surface area contributed by atoms with Gasteiger partial charge < -0.3 is 15.0 Å². The van der Waals surface area contributed by atoms with Crippen molar-refractivity contribution in [3.05, 3.63) is 76.8 Å². The maximum atomic E-state index is 12.6. The van der Waals surface area contributed by atoms with E-state index in [-0.39, 0.29) is 18.0 Å². The summed E-state index contributed by atoms with van der Waals surface area (Å²) in [6.45, 7) is 3.80. The minimum Gasteiger partial charge on any atom is -0.379 e. The van der Waals surface area contributed by atoms with Gasteiger partial charge in [0.2, 0.25) is 5.91 Å². The Labute approximate surface area is 190 Å². The molecular weight excluding hydrogens is 420 g/mol. The molecule has 1 aliphatic rings. The fraction of sp³-hybridized carbons (Fsp3) is 0.250. The number of carbonyl (C=O) groups excluding carboxylic acids is 1. The third kappa shape index (κ3) is 5.00. The van der Waals surface area contributed by atoms with Crippen LogP contribution in [0.4, 0.5) is 5.69 Å². The Kier molecular flexibility index (Phi) is 5.97. The van der Waals surface area contributed by atoms with Crippen LogP contribution in [0, 0.1) is 0 Å². The van der Waals surface area contributed by atoms with Gasteiger partial charge in [0, 0.05) is 30.4 Å². The van der Waals surface area contributed by atoms with E-state index in [4.69, 9.17) is 4.74 Å². The van der Waals surface area contributed by atoms with Crippen molar-refractivity contribution in [3.8, 4) is 11.3 Å². The van der Waals surface area contributed by atoms with Crippen molar-refractivity contribution in [1.29, 1.82) is 0 Å². The van der Waals surface area contributed by atoms with E-state index in [1.165, 1.54) is 10.7 Å². The first-order chi connectivity index (χ1) is 16.1. The number of ether oxygens (including phenoxy) is 1. The van der Waals surface area contributed by atoms with Gasteiger partial charge in [-0.2, -0.15) is 5.10 Å². The smallest absolute Gasteiger partial charge is 0.267 e. The lowest BCUT2D eigenvalue weighted by Gasteiger charge is -2.25. The standard InChI is InChI=1S/C24H24N6O3/c31-23(16-30-24(32)9-8-19(28-30)17-4-2-1-3-5-17)25-18-6-7-20-21(14-18)27-22(26-20)15-29-10-12-33-13-11-29/h1-9,14H,10-13,15-16H2,(H,25,31)(H,26,27). The molecule has 1 aliphatic heterocycles. The number of morpholine rings is 1. The summed E-state index contributed by atoms with van der Waals surface area (Å²) in [6, 6.07) is 18.1. The van der Waals surface area contributed by atoms with Gasteiger partial charge >= 0.3 is 0 Å². The maximum Gasteiger partial charge on any atom is 0.267 e. The van der Waals surface area contributed by atoms with Crippen molar-refractivity contribution < 1.29 is 9.53 Å². The van der Waals surface area contributed by atoms with E-state index < -0.39 is 0 Å². The molecule has 0 aliphatic carbocycles. The molecule has 2 aromatic carbocycles. The summed E-state index contributed by atoms with van der Waals surface area (Å²) in [5.74, 6) is 0.547. The van der Waals surface area contributed by atoms with E-state index in [0.29, 0.717) is 11.4 Å². The van der Waals surface area contributed by atoms with Gasteiger partial charge in [-0.25, -0.2) is 9.67 Å². The molecule has 1 saturated heterocycles. The number of fused-ring (bicyclic) bond motifs is 1. The number of imidazole rings is 1.